The SMILES string of the molecule is O=[N+]([O-])c1ccc(Cc2nccn2Cc2cc(F)cc(Br)c2)cc1. The van der Waals surface area contributed by atoms with Gasteiger partial charge in [0, 0.05) is 42.0 Å². The van der Waals surface area contributed by atoms with Crippen molar-refractivity contribution in [3.63, 3.8) is 0 Å². The molecule has 0 fully saturated rings. The minimum absolute atomic E-state index is 0.0618. The zero-order valence-corrected chi connectivity index (χ0v) is 14.1. The fourth-order valence-corrected chi connectivity index (χ4v) is 2.98. The number of halogens is 2. The van der Waals surface area contributed by atoms with E-state index in [0.29, 0.717) is 17.4 Å². The molecule has 2 aromatic carbocycles. The van der Waals surface area contributed by atoms with Crippen LogP contribution in [-0.4, -0.2) is 14.5 Å². The zero-order valence-electron chi connectivity index (χ0n) is 12.5. The summed E-state index contributed by atoms with van der Waals surface area (Å²) < 4.78 is 16.1. The number of aromatic nitrogens is 2. The second-order valence-electron chi connectivity index (χ2n) is 5.35. The molecule has 0 atom stereocenters. The summed E-state index contributed by atoms with van der Waals surface area (Å²) in [5, 5.41) is 10.7. The standard InChI is InChI=1S/C17H13BrFN3O2/c18-14-7-13(8-15(19)10-14)11-21-6-5-20-17(21)9-12-1-3-16(4-2-12)22(23)24/h1-8,10H,9,11H2. The number of nitrogens with zero attached hydrogens (tertiary/aromatic N) is 3. The lowest BCUT2D eigenvalue weighted by Crippen LogP contribution is -2.05. The van der Waals surface area contributed by atoms with Crippen LogP contribution in [0.2, 0.25) is 0 Å². The molecule has 0 unspecified atom stereocenters. The molecule has 0 aliphatic carbocycles. The van der Waals surface area contributed by atoms with E-state index < -0.39 is 4.92 Å². The van der Waals surface area contributed by atoms with Crippen LogP contribution in [0, 0.1) is 15.9 Å². The summed E-state index contributed by atoms with van der Waals surface area (Å²) in [6.07, 6.45) is 4.07. The van der Waals surface area contributed by atoms with Crippen LogP contribution >= 0.6 is 15.9 Å². The van der Waals surface area contributed by atoms with Crippen molar-refractivity contribution in [2.24, 2.45) is 0 Å². The molecule has 0 saturated carbocycles. The van der Waals surface area contributed by atoms with Crippen LogP contribution in [0.15, 0.2) is 59.3 Å². The summed E-state index contributed by atoms with van der Waals surface area (Å²) in [6, 6.07) is 11.2. The first-order valence-electron chi connectivity index (χ1n) is 7.19. The Morgan fingerprint density at radius 2 is 1.92 bits per heavy atom. The van der Waals surface area contributed by atoms with Gasteiger partial charge in [0.1, 0.15) is 11.6 Å². The molecule has 0 radical (unpaired) electrons. The summed E-state index contributed by atoms with van der Waals surface area (Å²) in [6.45, 7) is 0.499. The minimum Gasteiger partial charge on any atom is -0.330 e. The van der Waals surface area contributed by atoms with Crippen molar-refractivity contribution in [1.29, 1.82) is 0 Å². The Kier molecular flexibility index (Phi) is 4.71. The van der Waals surface area contributed by atoms with Gasteiger partial charge in [0.05, 0.1) is 4.92 Å². The lowest BCUT2D eigenvalue weighted by molar-refractivity contribution is -0.384. The molecule has 7 heteroatoms. The highest BCUT2D eigenvalue weighted by Crippen LogP contribution is 2.18. The smallest absolute Gasteiger partial charge is 0.269 e. The number of hydrogen-bond donors (Lipinski definition) is 0. The Morgan fingerprint density at radius 3 is 2.58 bits per heavy atom. The van der Waals surface area contributed by atoms with Gasteiger partial charge >= 0.3 is 0 Å². The summed E-state index contributed by atoms with van der Waals surface area (Å²) in [4.78, 5) is 14.6. The van der Waals surface area contributed by atoms with Crippen LogP contribution in [-0.2, 0) is 13.0 Å². The third-order valence-electron chi connectivity index (χ3n) is 3.59. The molecule has 1 aromatic heterocycles. The van der Waals surface area contributed by atoms with Gasteiger partial charge in [-0.25, -0.2) is 9.37 Å². The number of nitro benzene ring substituents is 1. The highest BCUT2D eigenvalue weighted by atomic mass is 79.9. The van der Waals surface area contributed by atoms with E-state index in [0.717, 1.165) is 17.0 Å². The van der Waals surface area contributed by atoms with Gasteiger partial charge in [-0.05, 0) is 29.3 Å². The van der Waals surface area contributed by atoms with Crippen molar-refractivity contribution in [2.45, 2.75) is 13.0 Å². The second-order valence-corrected chi connectivity index (χ2v) is 6.27. The molecule has 3 aromatic rings. The van der Waals surface area contributed by atoms with Crippen molar-refractivity contribution < 1.29 is 9.31 Å². The number of hydrogen-bond acceptors (Lipinski definition) is 3. The first-order valence-corrected chi connectivity index (χ1v) is 7.99. The monoisotopic (exact) mass is 389 g/mol. The predicted molar refractivity (Wildman–Crippen MR) is 91.3 cm³/mol. The fourth-order valence-electron chi connectivity index (χ4n) is 2.47. The summed E-state index contributed by atoms with van der Waals surface area (Å²) in [5.41, 5.74) is 1.81. The van der Waals surface area contributed by atoms with E-state index in [9.17, 15) is 14.5 Å². The maximum absolute atomic E-state index is 13.5. The van der Waals surface area contributed by atoms with Crippen LogP contribution < -0.4 is 0 Å². The molecule has 0 N–H and O–H groups in total. The molecule has 0 bridgehead atoms. The molecule has 122 valence electrons. The van der Waals surface area contributed by atoms with Crippen molar-refractivity contribution in [3.8, 4) is 0 Å². The van der Waals surface area contributed by atoms with Crippen LogP contribution in [0.1, 0.15) is 17.0 Å². The van der Waals surface area contributed by atoms with Crippen LogP contribution in [0.25, 0.3) is 0 Å². The van der Waals surface area contributed by atoms with Crippen molar-refractivity contribution in [2.75, 3.05) is 0 Å². The van der Waals surface area contributed by atoms with E-state index in [1.807, 2.05) is 16.8 Å². The van der Waals surface area contributed by atoms with E-state index in [1.54, 1.807) is 18.3 Å². The van der Waals surface area contributed by atoms with Gasteiger partial charge < -0.3 is 4.57 Å². The Balaban J connectivity index is 1.78. The van der Waals surface area contributed by atoms with Crippen LogP contribution in [0.4, 0.5) is 10.1 Å². The molecule has 0 aliphatic heterocycles. The average molecular weight is 390 g/mol. The van der Waals surface area contributed by atoms with Crippen LogP contribution in [0.3, 0.4) is 0 Å². The lowest BCUT2D eigenvalue weighted by Gasteiger charge is -2.09. The Labute approximate surface area is 146 Å². The van der Waals surface area contributed by atoms with Crippen molar-refractivity contribution >= 4 is 21.6 Å². The third-order valence-corrected chi connectivity index (χ3v) is 4.04. The molecular formula is C17H13BrFN3O2. The van der Waals surface area contributed by atoms with Gasteiger partial charge in [-0.2, -0.15) is 0 Å². The third kappa shape index (κ3) is 3.86. The van der Waals surface area contributed by atoms with Crippen molar-refractivity contribution in [3.05, 3.63) is 92.2 Å². The van der Waals surface area contributed by atoms with Gasteiger partial charge in [-0.3, -0.25) is 10.1 Å². The number of benzene rings is 2. The minimum atomic E-state index is -0.424. The van der Waals surface area contributed by atoms with Crippen molar-refractivity contribution in [1.82, 2.24) is 9.55 Å². The van der Waals surface area contributed by atoms with Gasteiger partial charge in [0.15, 0.2) is 0 Å². The van der Waals surface area contributed by atoms with E-state index in [1.165, 1.54) is 24.3 Å². The van der Waals surface area contributed by atoms with Gasteiger partial charge in [-0.1, -0.05) is 28.1 Å². The topological polar surface area (TPSA) is 61.0 Å². The number of imidazole rings is 1. The number of rotatable bonds is 5. The molecule has 1 heterocycles. The molecule has 0 saturated heterocycles. The van der Waals surface area contributed by atoms with E-state index in [4.69, 9.17) is 0 Å². The summed E-state index contributed by atoms with van der Waals surface area (Å²) in [7, 11) is 0. The molecular weight excluding hydrogens is 377 g/mol. The highest BCUT2D eigenvalue weighted by Gasteiger charge is 2.09. The van der Waals surface area contributed by atoms with Crippen LogP contribution in [0.5, 0.6) is 0 Å². The lowest BCUT2D eigenvalue weighted by atomic mass is 10.1. The van der Waals surface area contributed by atoms with Gasteiger partial charge in [0.2, 0.25) is 0 Å². The maximum atomic E-state index is 13.5. The largest absolute Gasteiger partial charge is 0.330 e. The summed E-state index contributed by atoms with van der Waals surface area (Å²) >= 11 is 3.29. The molecule has 0 aliphatic rings. The normalized spacial score (nSPS) is 10.8. The van der Waals surface area contributed by atoms with E-state index >= 15 is 0 Å². The van der Waals surface area contributed by atoms with Gasteiger partial charge in [0.25, 0.3) is 5.69 Å². The quantitative estimate of drug-likeness (QED) is 0.481. The van der Waals surface area contributed by atoms with E-state index in [-0.39, 0.29) is 11.5 Å². The Hall–Kier alpha value is -2.54. The first-order chi connectivity index (χ1) is 11.5. The molecule has 5 nitrogen and oxygen atoms in total. The summed E-state index contributed by atoms with van der Waals surface area (Å²) in [5.74, 6) is 0.514. The highest BCUT2D eigenvalue weighted by molar-refractivity contribution is 9.10. The molecule has 0 spiro atoms. The number of non-ortho nitro benzene ring substituents is 1. The fraction of sp³-hybridized carbons (Fsp3) is 0.118. The Bertz CT molecular complexity index is 858. The first kappa shape index (κ1) is 16.3. The molecule has 24 heavy (non-hydrogen) atoms. The average Bonchev–Trinajstić information content (AvgIpc) is 2.93. The molecule has 3 rings (SSSR count). The number of nitro groups is 1. The van der Waals surface area contributed by atoms with Gasteiger partial charge in [-0.15, -0.1) is 0 Å². The van der Waals surface area contributed by atoms with E-state index in [2.05, 4.69) is 20.9 Å². The zero-order chi connectivity index (χ0) is 17.1. The maximum Gasteiger partial charge on any atom is 0.269 e. The Morgan fingerprint density at radius 1 is 1.17 bits per heavy atom. The predicted octanol–water partition coefficient (Wildman–Crippen LogP) is 4.33. The molecule has 0 amide bonds. The second kappa shape index (κ2) is 6.92.